The van der Waals surface area contributed by atoms with Gasteiger partial charge in [0.15, 0.2) is 0 Å². The Kier molecular flexibility index (Phi) is 6.48. The van der Waals surface area contributed by atoms with Gasteiger partial charge >= 0.3 is 12.1 Å². The lowest BCUT2D eigenvalue weighted by Gasteiger charge is -2.23. The van der Waals surface area contributed by atoms with Crippen molar-refractivity contribution >= 4 is 35.0 Å². The summed E-state index contributed by atoms with van der Waals surface area (Å²) in [4.78, 5) is 23.5. The molecule has 1 aromatic heterocycles. The number of rotatable bonds is 6. The SMILES string of the molecule is CC(C)(C)OC(=O)NC(CCC(=O)O)Cc1cc(Cl)cs1. The number of aliphatic carboxylic acids is 1. The average molecular weight is 334 g/mol. The summed E-state index contributed by atoms with van der Waals surface area (Å²) < 4.78 is 5.20. The Morgan fingerprint density at radius 3 is 2.62 bits per heavy atom. The molecule has 0 radical (unpaired) electrons. The van der Waals surface area contributed by atoms with Crippen molar-refractivity contribution in [3.63, 3.8) is 0 Å². The molecule has 1 amide bonds. The third-order valence-electron chi connectivity index (χ3n) is 2.50. The highest BCUT2D eigenvalue weighted by atomic mass is 35.5. The van der Waals surface area contributed by atoms with Crippen molar-refractivity contribution in [3.8, 4) is 0 Å². The number of hydrogen-bond donors (Lipinski definition) is 2. The van der Waals surface area contributed by atoms with E-state index >= 15 is 0 Å². The zero-order valence-electron chi connectivity index (χ0n) is 12.3. The lowest BCUT2D eigenvalue weighted by Crippen LogP contribution is -2.40. The van der Waals surface area contributed by atoms with Gasteiger partial charge in [-0.2, -0.15) is 0 Å². The fourth-order valence-corrected chi connectivity index (χ4v) is 2.86. The van der Waals surface area contributed by atoms with Gasteiger partial charge in [0.1, 0.15) is 5.60 Å². The Labute approximate surface area is 133 Å². The van der Waals surface area contributed by atoms with Gasteiger partial charge in [0, 0.05) is 29.1 Å². The van der Waals surface area contributed by atoms with Crippen LogP contribution in [0.3, 0.4) is 0 Å². The summed E-state index contributed by atoms with van der Waals surface area (Å²) in [7, 11) is 0. The highest BCUT2D eigenvalue weighted by molar-refractivity contribution is 7.10. The predicted octanol–water partition coefficient (Wildman–Crippen LogP) is 3.70. The molecule has 0 saturated heterocycles. The molecule has 0 aromatic carbocycles. The second-order valence-electron chi connectivity index (χ2n) is 5.71. The molecule has 5 nitrogen and oxygen atoms in total. The van der Waals surface area contributed by atoms with Gasteiger partial charge in [0.05, 0.1) is 5.02 Å². The standard InChI is InChI=1S/C14H20ClNO4S/c1-14(2,3)20-13(19)16-10(4-5-12(17)18)7-11-6-9(15)8-21-11/h6,8,10H,4-5,7H2,1-3H3,(H,16,19)(H,17,18). The fraction of sp³-hybridized carbons (Fsp3) is 0.571. The molecule has 7 heteroatoms. The Bertz CT molecular complexity index is 495. The molecular formula is C14H20ClNO4S. The van der Waals surface area contributed by atoms with Gasteiger partial charge in [-0.3, -0.25) is 4.79 Å². The van der Waals surface area contributed by atoms with E-state index in [9.17, 15) is 9.59 Å². The highest BCUT2D eigenvalue weighted by Crippen LogP contribution is 2.21. The van der Waals surface area contributed by atoms with Crippen LogP contribution in [-0.2, 0) is 16.0 Å². The van der Waals surface area contributed by atoms with E-state index in [0.29, 0.717) is 17.9 Å². The molecule has 2 N–H and O–H groups in total. The van der Waals surface area contributed by atoms with Crippen molar-refractivity contribution in [1.29, 1.82) is 0 Å². The molecule has 0 aliphatic rings. The average Bonchev–Trinajstić information content (AvgIpc) is 2.69. The molecule has 118 valence electrons. The normalized spacial score (nSPS) is 12.8. The minimum Gasteiger partial charge on any atom is -0.481 e. The first-order chi connectivity index (χ1) is 9.65. The first kappa shape index (κ1) is 17.8. The summed E-state index contributed by atoms with van der Waals surface area (Å²) in [6, 6.07) is 1.52. The molecule has 0 spiro atoms. The van der Waals surface area contributed by atoms with Gasteiger partial charge in [-0.15, -0.1) is 11.3 Å². The van der Waals surface area contributed by atoms with Crippen LogP contribution in [0.4, 0.5) is 4.79 Å². The lowest BCUT2D eigenvalue weighted by atomic mass is 10.1. The first-order valence-corrected chi connectivity index (χ1v) is 7.85. The van der Waals surface area contributed by atoms with Crippen LogP contribution in [0.1, 0.15) is 38.5 Å². The third-order valence-corrected chi connectivity index (χ3v) is 3.80. The first-order valence-electron chi connectivity index (χ1n) is 6.60. The van der Waals surface area contributed by atoms with Crippen LogP contribution in [0.5, 0.6) is 0 Å². The zero-order valence-corrected chi connectivity index (χ0v) is 13.9. The topological polar surface area (TPSA) is 75.6 Å². The quantitative estimate of drug-likeness (QED) is 0.832. The van der Waals surface area contributed by atoms with Gasteiger partial charge in [0.25, 0.3) is 0 Å². The summed E-state index contributed by atoms with van der Waals surface area (Å²) in [6.07, 6.45) is 0.314. The highest BCUT2D eigenvalue weighted by Gasteiger charge is 2.20. The van der Waals surface area contributed by atoms with E-state index in [0.717, 1.165) is 4.88 Å². The number of thiophene rings is 1. The van der Waals surface area contributed by atoms with Gasteiger partial charge < -0.3 is 15.2 Å². The Hall–Kier alpha value is -1.27. The number of carbonyl (C=O) groups excluding carboxylic acids is 1. The van der Waals surface area contributed by atoms with Crippen molar-refractivity contribution in [2.45, 2.75) is 51.7 Å². The maximum atomic E-state index is 11.8. The van der Waals surface area contributed by atoms with Crippen LogP contribution in [0.25, 0.3) is 0 Å². The second kappa shape index (κ2) is 7.66. The Morgan fingerprint density at radius 2 is 2.14 bits per heavy atom. The molecule has 1 unspecified atom stereocenters. The smallest absolute Gasteiger partial charge is 0.407 e. The minimum atomic E-state index is -0.893. The molecule has 1 rings (SSSR count). The minimum absolute atomic E-state index is 0.0143. The number of ether oxygens (including phenoxy) is 1. The van der Waals surface area contributed by atoms with Crippen LogP contribution < -0.4 is 5.32 Å². The second-order valence-corrected chi connectivity index (χ2v) is 7.14. The van der Waals surface area contributed by atoms with E-state index in [1.807, 2.05) is 6.07 Å². The van der Waals surface area contributed by atoms with E-state index in [4.69, 9.17) is 21.4 Å². The van der Waals surface area contributed by atoms with Crippen molar-refractivity contribution in [3.05, 3.63) is 21.3 Å². The molecule has 0 saturated carbocycles. The van der Waals surface area contributed by atoms with E-state index in [-0.39, 0.29) is 12.5 Å². The number of halogens is 1. The molecule has 0 aliphatic heterocycles. The number of amides is 1. The van der Waals surface area contributed by atoms with Crippen molar-refractivity contribution in [2.75, 3.05) is 0 Å². The number of alkyl carbamates (subject to hydrolysis) is 1. The maximum absolute atomic E-state index is 11.8. The Balaban J connectivity index is 2.63. The summed E-state index contributed by atoms with van der Waals surface area (Å²) in [5.41, 5.74) is -0.590. The monoisotopic (exact) mass is 333 g/mol. The number of carboxylic acid groups (broad SMARTS) is 1. The van der Waals surface area contributed by atoms with Gasteiger partial charge in [-0.25, -0.2) is 4.79 Å². The number of nitrogens with one attached hydrogen (secondary N) is 1. The van der Waals surface area contributed by atoms with Crippen LogP contribution in [-0.4, -0.2) is 28.8 Å². The van der Waals surface area contributed by atoms with Crippen LogP contribution in [0.15, 0.2) is 11.4 Å². The van der Waals surface area contributed by atoms with E-state index in [1.54, 1.807) is 26.2 Å². The molecule has 1 atom stereocenters. The number of carbonyl (C=O) groups is 2. The maximum Gasteiger partial charge on any atom is 0.407 e. The predicted molar refractivity (Wildman–Crippen MR) is 83.1 cm³/mol. The molecule has 0 aliphatic carbocycles. The largest absolute Gasteiger partial charge is 0.481 e. The van der Waals surface area contributed by atoms with Crippen LogP contribution in [0.2, 0.25) is 5.02 Å². The molecule has 1 heterocycles. The molecule has 0 bridgehead atoms. The van der Waals surface area contributed by atoms with Crippen molar-refractivity contribution in [1.82, 2.24) is 5.32 Å². The lowest BCUT2D eigenvalue weighted by molar-refractivity contribution is -0.137. The fourth-order valence-electron chi connectivity index (χ4n) is 1.70. The summed E-state index contributed by atoms with van der Waals surface area (Å²) in [5.74, 6) is -0.893. The molecular weight excluding hydrogens is 314 g/mol. The zero-order chi connectivity index (χ0) is 16.0. The number of hydrogen-bond acceptors (Lipinski definition) is 4. The van der Waals surface area contributed by atoms with E-state index in [2.05, 4.69) is 5.32 Å². The van der Waals surface area contributed by atoms with Crippen LogP contribution >= 0.6 is 22.9 Å². The van der Waals surface area contributed by atoms with E-state index < -0.39 is 17.7 Å². The Morgan fingerprint density at radius 1 is 1.48 bits per heavy atom. The van der Waals surface area contributed by atoms with Gasteiger partial charge in [0.2, 0.25) is 0 Å². The molecule has 21 heavy (non-hydrogen) atoms. The van der Waals surface area contributed by atoms with Gasteiger partial charge in [-0.05, 0) is 33.3 Å². The summed E-state index contributed by atoms with van der Waals surface area (Å²) in [6.45, 7) is 5.33. The van der Waals surface area contributed by atoms with Crippen molar-refractivity contribution < 1.29 is 19.4 Å². The summed E-state index contributed by atoms with van der Waals surface area (Å²) in [5, 5.41) is 14.0. The number of carboxylic acids is 1. The van der Waals surface area contributed by atoms with Crippen LogP contribution in [0, 0.1) is 0 Å². The third kappa shape index (κ3) is 7.92. The summed E-state index contributed by atoms with van der Waals surface area (Å²) >= 11 is 7.35. The molecule has 1 aromatic rings. The molecule has 0 fully saturated rings. The van der Waals surface area contributed by atoms with E-state index in [1.165, 1.54) is 11.3 Å². The van der Waals surface area contributed by atoms with Gasteiger partial charge in [-0.1, -0.05) is 11.6 Å². The van der Waals surface area contributed by atoms with Crippen molar-refractivity contribution in [2.24, 2.45) is 0 Å².